The Labute approximate surface area is 254 Å². The molecule has 8 unspecified atom stereocenters. The Hall–Kier alpha value is 1.80. The van der Waals surface area contributed by atoms with Gasteiger partial charge in [-0.2, -0.15) is 0 Å². The number of allylic oxidation sites excluding steroid dienone is 8. The van der Waals surface area contributed by atoms with Crippen LogP contribution >= 0.6 is 61.2 Å². The molecule has 4 aliphatic carbocycles. The van der Waals surface area contributed by atoms with Gasteiger partial charge in [0.1, 0.15) is 0 Å². The molecule has 0 radical (unpaired) electrons. The second-order valence-corrected chi connectivity index (χ2v) is 26.7. The summed E-state index contributed by atoms with van der Waals surface area (Å²) in [6.45, 7) is 0. The van der Waals surface area contributed by atoms with Crippen LogP contribution in [0.1, 0.15) is 77.0 Å². The Morgan fingerprint density at radius 1 is 0.559 bits per heavy atom. The maximum absolute atomic E-state index is 5.57. The second-order valence-electron chi connectivity index (χ2n) is 10.5. The van der Waals surface area contributed by atoms with Gasteiger partial charge in [-0.3, -0.25) is 0 Å². The molecule has 0 aromatic heterocycles. The van der Waals surface area contributed by atoms with Crippen molar-refractivity contribution in [2.24, 2.45) is 23.7 Å². The van der Waals surface area contributed by atoms with Gasteiger partial charge in [0.25, 0.3) is 0 Å². The molecule has 2 saturated carbocycles. The summed E-state index contributed by atoms with van der Waals surface area (Å²) in [5, 5.41) is 0. The first kappa shape index (κ1) is 30.3. The molecule has 6 aliphatic rings. The number of hydrogen-bond acceptors (Lipinski definition) is 2. The summed E-state index contributed by atoms with van der Waals surface area (Å²) >= 11 is 5.30. The van der Waals surface area contributed by atoms with Crippen LogP contribution in [0.2, 0.25) is 0 Å². The van der Waals surface area contributed by atoms with Crippen molar-refractivity contribution >= 4 is 61.2 Å². The number of rotatable bonds is 4. The van der Waals surface area contributed by atoms with Gasteiger partial charge in [-0.25, -0.2) is 0 Å². The third kappa shape index (κ3) is 10.9. The van der Waals surface area contributed by atoms with Crippen molar-refractivity contribution < 1.29 is 22.7 Å². The number of fused-ring (bicyclic) bond motifs is 2. The van der Waals surface area contributed by atoms with E-state index in [0.29, 0.717) is 37.7 Å². The molecule has 194 valence electrons. The fourth-order valence-corrected chi connectivity index (χ4v) is 5.83. The summed E-state index contributed by atoms with van der Waals surface area (Å²) in [7, 11) is 0. The number of epoxide rings is 2. The van der Waals surface area contributed by atoms with Gasteiger partial charge in [-0.1, -0.05) is 48.6 Å². The van der Waals surface area contributed by atoms with E-state index in [4.69, 9.17) is 9.47 Å². The minimum atomic E-state index is 0. The first-order chi connectivity index (χ1) is 16.2. The molecule has 2 saturated heterocycles. The Kier molecular flexibility index (Phi) is 14.9. The zero-order valence-corrected chi connectivity index (χ0v) is 28.9. The third-order valence-electron chi connectivity index (χ3n) is 8.02. The molecular formula is C28H41I4O2-. The average Bonchev–Trinajstić information content (AvgIpc) is 3.78. The molecule has 2 heterocycles. The van der Waals surface area contributed by atoms with Crippen molar-refractivity contribution in [3.8, 4) is 0 Å². The molecule has 8 atom stereocenters. The minimum absolute atomic E-state index is 0. The number of hydrogen-bond donors (Lipinski definition) is 0. The maximum atomic E-state index is 5.57. The normalized spacial score (nSPS) is 39.7. The van der Waals surface area contributed by atoms with Crippen LogP contribution in [0.4, 0.5) is 0 Å². The number of halogens is 4. The Morgan fingerprint density at radius 2 is 0.971 bits per heavy atom. The van der Waals surface area contributed by atoms with Gasteiger partial charge in [0.15, 0.2) is 0 Å². The van der Waals surface area contributed by atoms with Crippen LogP contribution in [-0.4, -0.2) is 24.4 Å². The molecule has 0 bridgehead atoms. The molecule has 34 heavy (non-hydrogen) atoms. The van der Waals surface area contributed by atoms with E-state index in [0.717, 1.165) is 23.7 Å². The summed E-state index contributed by atoms with van der Waals surface area (Å²) in [6.07, 6.45) is 37.3. The monoisotopic (exact) mass is 917 g/mol. The summed E-state index contributed by atoms with van der Waals surface area (Å²) < 4.78 is 11.1. The zero-order chi connectivity index (χ0) is 22.9. The van der Waals surface area contributed by atoms with Crippen LogP contribution in [0.15, 0.2) is 48.6 Å². The van der Waals surface area contributed by atoms with E-state index in [-0.39, 0.29) is 24.0 Å². The van der Waals surface area contributed by atoms with Crippen LogP contribution in [0, 0.1) is 23.7 Å². The summed E-state index contributed by atoms with van der Waals surface area (Å²) in [6, 6.07) is 0. The number of ether oxygens (including phenoxy) is 2. The van der Waals surface area contributed by atoms with Crippen molar-refractivity contribution in [2.75, 3.05) is 0 Å². The molecule has 0 aromatic carbocycles. The molecule has 0 aromatic rings. The van der Waals surface area contributed by atoms with Crippen molar-refractivity contribution in [1.29, 1.82) is 0 Å². The predicted molar refractivity (Wildman–Crippen MR) is 167 cm³/mol. The van der Waals surface area contributed by atoms with Crippen LogP contribution in [0.25, 0.3) is 0 Å². The first-order valence-electron chi connectivity index (χ1n) is 13.1. The van der Waals surface area contributed by atoms with Crippen molar-refractivity contribution in [3.05, 3.63) is 48.6 Å². The Morgan fingerprint density at radius 3 is 1.32 bits per heavy atom. The topological polar surface area (TPSA) is 25.1 Å². The second kappa shape index (κ2) is 16.7. The van der Waals surface area contributed by atoms with E-state index in [2.05, 4.69) is 85.8 Å². The van der Waals surface area contributed by atoms with Gasteiger partial charge in [-0.15, -0.1) is 24.0 Å². The first-order valence-corrected chi connectivity index (χ1v) is 25.7. The van der Waals surface area contributed by atoms with E-state index in [1.165, 1.54) is 77.0 Å². The Balaban J connectivity index is 0.000000168. The van der Waals surface area contributed by atoms with E-state index in [1.54, 1.807) is 0 Å². The molecule has 0 N–H and O–H groups in total. The molecule has 6 rings (SSSR count). The summed E-state index contributed by atoms with van der Waals surface area (Å²) in [4.78, 5) is 0. The molecule has 0 amide bonds. The van der Waals surface area contributed by atoms with Gasteiger partial charge in [0.05, 0.1) is 24.4 Å². The van der Waals surface area contributed by atoms with Crippen LogP contribution < -0.4 is 13.3 Å². The molecular weight excluding hydrogens is 876 g/mol. The quantitative estimate of drug-likeness (QED) is 0.188. The fraction of sp³-hybridized carbons (Fsp3) is 0.714. The third-order valence-corrected chi connectivity index (χ3v) is 8.02. The van der Waals surface area contributed by atoms with E-state index < -0.39 is 0 Å². The fourth-order valence-electron chi connectivity index (χ4n) is 5.83. The summed E-state index contributed by atoms with van der Waals surface area (Å²) in [5.41, 5.74) is 0. The van der Waals surface area contributed by atoms with Crippen LogP contribution in [-0.2, 0) is 9.47 Å². The molecule has 4 fully saturated rings. The van der Waals surface area contributed by atoms with Gasteiger partial charge >= 0.3 is 50.5 Å². The average molecular weight is 917 g/mol. The van der Waals surface area contributed by atoms with E-state index in [1.807, 2.05) is 0 Å². The van der Waals surface area contributed by atoms with Crippen molar-refractivity contribution in [1.82, 2.24) is 0 Å². The van der Waals surface area contributed by atoms with Gasteiger partial charge in [0, 0.05) is 0 Å². The standard InChI is InChI=1S/C14H20O2.C14H20.I3.HI/c1(9-3-5-11-13(7-9)15-11)2-10-4-6-12-14(8-10)16-12;1-3-7-13(8-4-1)11-12-14-9-5-2-6-10-14;1-3-2;/h1-2,9-14H,3-8H2;1-3,5,11-14H,4,6-10H2;;1H/q;;-1;/b2-1+;12-11+;;. The summed E-state index contributed by atoms with van der Waals surface area (Å²) in [5.74, 6) is 3.24. The van der Waals surface area contributed by atoms with Crippen LogP contribution in [0.3, 0.4) is 0 Å². The van der Waals surface area contributed by atoms with E-state index in [9.17, 15) is 0 Å². The van der Waals surface area contributed by atoms with Crippen molar-refractivity contribution in [2.45, 2.75) is 101 Å². The molecule has 2 aliphatic heterocycles. The van der Waals surface area contributed by atoms with Crippen LogP contribution in [0.5, 0.6) is 0 Å². The van der Waals surface area contributed by atoms with E-state index >= 15 is 0 Å². The van der Waals surface area contributed by atoms with Gasteiger partial charge in [-0.05, 0) is 101 Å². The van der Waals surface area contributed by atoms with Gasteiger partial charge in [0.2, 0.25) is 0 Å². The zero-order valence-electron chi connectivity index (χ0n) is 20.1. The predicted octanol–water partition coefficient (Wildman–Crippen LogP) is 6.33. The molecule has 0 spiro atoms. The SMILES string of the molecule is C(=C\C1CCC2OC2C1)/C1CCC2OC2C1.C1=CCC(/C=C/C2CC=CCC2)CC1.I.I[I-]I. The Bertz CT molecular complexity index is 651. The molecule has 6 heteroatoms. The van der Waals surface area contributed by atoms with Gasteiger partial charge < -0.3 is 9.47 Å². The van der Waals surface area contributed by atoms with Crippen molar-refractivity contribution in [3.63, 3.8) is 0 Å². The molecule has 2 nitrogen and oxygen atoms in total.